The van der Waals surface area contributed by atoms with Crippen molar-refractivity contribution < 1.29 is 27.5 Å². The summed E-state index contributed by atoms with van der Waals surface area (Å²) in [5.74, 6) is -2.19. The molecule has 2 heterocycles. The van der Waals surface area contributed by atoms with Crippen LogP contribution in [0.15, 0.2) is 96.1 Å². The van der Waals surface area contributed by atoms with Crippen LogP contribution in [0.5, 0.6) is 11.5 Å². The number of aromatic hydroxyl groups is 2. The summed E-state index contributed by atoms with van der Waals surface area (Å²) < 4.78 is 34.7. The highest BCUT2D eigenvalue weighted by Gasteiger charge is 2.32. The summed E-state index contributed by atoms with van der Waals surface area (Å²) in [6, 6.07) is 18.1. The molecule has 0 amide bonds. The summed E-state index contributed by atoms with van der Waals surface area (Å²) in [4.78, 5) is 26.3. The van der Waals surface area contributed by atoms with E-state index in [0.29, 0.717) is 0 Å². The monoisotopic (exact) mass is 490 g/mol. The minimum absolute atomic E-state index is 0.0181. The van der Waals surface area contributed by atoms with Crippen LogP contribution in [0, 0.1) is 0 Å². The van der Waals surface area contributed by atoms with E-state index in [0.717, 1.165) is 6.26 Å². The van der Waals surface area contributed by atoms with Gasteiger partial charge in [-0.3, -0.25) is 0 Å². The van der Waals surface area contributed by atoms with Crippen molar-refractivity contribution in [2.45, 2.75) is 10.8 Å². The summed E-state index contributed by atoms with van der Waals surface area (Å²) in [5, 5.41) is 22.7. The highest BCUT2D eigenvalue weighted by molar-refractivity contribution is 7.90. The number of fused-ring (bicyclic) bond motifs is 2. The SMILES string of the molecule is CS(=O)(=O)c1ccc(C(c2c(O)c3ccccc3oc2=O)c2c(O)c3ccccc3oc2=O)cc1. The van der Waals surface area contributed by atoms with Crippen LogP contribution >= 0.6 is 0 Å². The first-order chi connectivity index (χ1) is 16.7. The molecule has 0 radical (unpaired) electrons. The van der Waals surface area contributed by atoms with Crippen LogP contribution in [0.4, 0.5) is 0 Å². The average Bonchev–Trinajstić information content (AvgIpc) is 2.82. The van der Waals surface area contributed by atoms with Gasteiger partial charge in [-0.2, -0.15) is 0 Å². The molecule has 0 bridgehead atoms. The van der Waals surface area contributed by atoms with Crippen LogP contribution in [0.1, 0.15) is 22.6 Å². The zero-order valence-corrected chi connectivity index (χ0v) is 19.1. The lowest BCUT2D eigenvalue weighted by Gasteiger charge is -2.20. The molecule has 0 unspecified atom stereocenters. The fourth-order valence-electron chi connectivity index (χ4n) is 4.19. The van der Waals surface area contributed by atoms with Gasteiger partial charge in [-0.25, -0.2) is 18.0 Å². The Balaban J connectivity index is 1.88. The zero-order chi connectivity index (χ0) is 24.9. The fraction of sp³-hybridized carbons (Fsp3) is 0.0769. The second-order valence-corrected chi connectivity index (χ2v) is 10.1. The third-order valence-electron chi connectivity index (χ3n) is 5.86. The van der Waals surface area contributed by atoms with Crippen molar-refractivity contribution in [2.24, 2.45) is 0 Å². The Bertz CT molecular complexity index is 1730. The lowest BCUT2D eigenvalue weighted by molar-refractivity contribution is 0.441. The molecule has 5 rings (SSSR count). The molecule has 0 aliphatic heterocycles. The van der Waals surface area contributed by atoms with E-state index in [9.17, 15) is 28.2 Å². The van der Waals surface area contributed by atoms with E-state index >= 15 is 0 Å². The van der Waals surface area contributed by atoms with E-state index in [-0.39, 0.29) is 43.5 Å². The molecule has 0 aliphatic rings. The van der Waals surface area contributed by atoms with Crippen molar-refractivity contribution in [3.8, 4) is 11.5 Å². The maximum atomic E-state index is 13.1. The largest absolute Gasteiger partial charge is 0.507 e. The molecule has 8 nitrogen and oxygen atoms in total. The third kappa shape index (κ3) is 3.75. The summed E-state index contributed by atoms with van der Waals surface area (Å²) in [5.41, 5.74) is -1.91. The highest BCUT2D eigenvalue weighted by atomic mass is 32.2. The smallest absolute Gasteiger partial charge is 0.344 e. The molecule has 9 heteroatoms. The number of sulfone groups is 1. The summed E-state index contributed by atoms with van der Waals surface area (Å²) >= 11 is 0. The second kappa shape index (κ2) is 8.14. The minimum atomic E-state index is -3.52. The van der Waals surface area contributed by atoms with Crippen LogP contribution in [-0.4, -0.2) is 24.9 Å². The molecular formula is C26H18O8S. The number of para-hydroxylation sites is 2. The first kappa shape index (κ1) is 22.4. The van der Waals surface area contributed by atoms with Crippen LogP contribution in [0.3, 0.4) is 0 Å². The lowest BCUT2D eigenvalue weighted by Crippen LogP contribution is -2.21. The third-order valence-corrected chi connectivity index (χ3v) is 6.99. The van der Waals surface area contributed by atoms with Crippen molar-refractivity contribution in [2.75, 3.05) is 6.26 Å². The van der Waals surface area contributed by atoms with Crippen molar-refractivity contribution in [3.63, 3.8) is 0 Å². The van der Waals surface area contributed by atoms with E-state index in [2.05, 4.69) is 0 Å². The summed E-state index contributed by atoms with van der Waals surface area (Å²) in [7, 11) is -3.52. The van der Waals surface area contributed by atoms with Gasteiger partial charge in [-0.05, 0) is 42.0 Å². The van der Waals surface area contributed by atoms with Crippen molar-refractivity contribution in [1.82, 2.24) is 0 Å². The Labute approximate surface area is 198 Å². The molecule has 3 aromatic carbocycles. The Morgan fingerprint density at radius 3 is 1.54 bits per heavy atom. The van der Waals surface area contributed by atoms with Crippen LogP contribution in [0.25, 0.3) is 21.9 Å². The van der Waals surface area contributed by atoms with Gasteiger partial charge in [0.2, 0.25) is 0 Å². The maximum absolute atomic E-state index is 13.1. The molecule has 0 atom stereocenters. The van der Waals surface area contributed by atoms with Crippen LogP contribution in [-0.2, 0) is 9.84 Å². The zero-order valence-electron chi connectivity index (χ0n) is 18.3. The normalized spacial score (nSPS) is 11.9. The van der Waals surface area contributed by atoms with Crippen LogP contribution in [0.2, 0.25) is 0 Å². The molecule has 0 saturated heterocycles. The van der Waals surface area contributed by atoms with Gasteiger partial charge in [-0.15, -0.1) is 0 Å². The van der Waals surface area contributed by atoms with Crippen LogP contribution < -0.4 is 11.3 Å². The van der Waals surface area contributed by atoms with E-state index in [4.69, 9.17) is 8.83 Å². The maximum Gasteiger partial charge on any atom is 0.344 e. The van der Waals surface area contributed by atoms with Gasteiger partial charge in [0.1, 0.15) is 22.7 Å². The number of hydrogen-bond donors (Lipinski definition) is 2. The van der Waals surface area contributed by atoms with Gasteiger partial charge in [0.15, 0.2) is 9.84 Å². The van der Waals surface area contributed by atoms with Gasteiger partial charge in [-0.1, -0.05) is 36.4 Å². The van der Waals surface area contributed by atoms with Gasteiger partial charge in [0.25, 0.3) is 0 Å². The Morgan fingerprint density at radius 1 is 0.686 bits per heavy atom. The predicted molar refractivity (Wildman–Crippen MR) is 129 cm³/mol. The second-order valence-electron chi connectivity index (χ2n) is 8.07. The van der Waals surface area contributed by atoms with Gasteiger partial charge < -0.3 is 19.0 Å². The summed E-state index contributed by atoms with van der Waals surface area (Å²) in [6.07, 6.45) is 1.05. The topological polar surface area (TPSA) is 135 Å². The average molecular weight is 490 g/mol. The summed E-state index contributed by atoms with van der Waals surface area (Å²) in [6.45, 7) is 0. The van der Waals surface area contributed by atoms with Crippen molar-refractivity contribution in [1.29, 1.82) is 0 Å². The molecular weight excluding hydrogens is 472 g/mol. The van der Waals surface area contributed by atoms with Crippen molar-refractivity contribution >= 4 is 31.8 Å². The Kier molecular flexibility index (Phi) is 5.21. The molecule has 176 valence electrons. The lowest BCUT2D eigenvalue weighted by atomic mass is 9.84. The molecule has 0 aliphatic carbocycles. The molecule has 0 fully saturated rings. The molecule has 0 spiro atoms. The first-order valence-corrected chi connectivity index (χ1v) is 12.4. The Hall–Kier alpha value is -4.37. The number of hydrogen-bond acceptors (Lipinski definition) is 8. The molecule has 2 N–H and O–H groups in total. The first-order valence-electron chi connectivity index (χ1n) is 10.5. The standard InChI is InChI=1S/C26H18O8S/c1-35(31,32)15-12-10-14(11-13-15)20(21-23(27)16-6-2-4-8-18(16)33-25(21)29)22-24(28)17-7-3-5-9-19(17)34-26(22)30/h2-13,20,27-28H,1H3. The predicted octanol–water partition coefficient (Wildman–Crippen LogP) is 3.89. The quantitative estimate of drug-likeness (QED) is 0.362. The van der Waals surface area contributed by atoms with Gasteiger partial charge in [0, 0.05) is 6.26 Å². The van der Waals surface area contributed by atoms with E-state index in [1.807, 2.05) is 0 Å². The van der Waals surface area contributed by atoms with Crippen molar-refractivity contribution in [3.05, 3.63) is 110 Å². The van der Waals surface area contributed by atoms with Gasteiger partial charge >= 0.3 is 11.3 Å². The number of rotatable bonds is 4. The minimum Gasteiger partial charge on any atom is -0.507 e. The van der Waals surface area contributed by atoms with E-state index in [1.54, 1.807) is 36.4 Å². The highest BCUT2D eigenvalue weighted by Crippen LogP contribution is 2.41. The van der Waals surface area contributed by atoms with Gasteiger partial charge in [0.05, 0.1) is 32.7 Å². The molecule has 35 heavy (non-hydrogen) atoms. The fourth-order valence-corrected chi connectivity index (χ4v) is 4.82. The molecule has 2 aromatic heterocycles. The van der Waals surface area contributed by atoms with E-state index in [1.165, 1.54) is 36.4 Å². The van der Waals surface area contributed by atoms with E-state index < -0.39 is 38.5 Å². The number of benzene rings is 3. The molecule has 0 saturated carbocycles. The Morgan fingerprint density at radius 2 is 1.11 bits per heavy atom. The molecule has 5 aromatic rings.